The fraction of sp³-hybridized carbons (Fsp3) is 0.769. The van der Waals surface area contributed by atoms with E-state index < -0.39 is 18.6 Å². The number of aliphatic hydroxyl groups is 1. The van der Waals surface area contributed by atoms with Gasteiger partial charge in [0.15, 0.2) is 0 Å². The molecule has 2 fully saturated rings. The summed E-state index contributed by atoms with van der Waals surface area (Å²) in [6.07, 6.45) is 3.02. The quantitative estimate of drug-likeness (QED) is 0.612. The number of rotatable bonds is 5. The van der Waals surface area contributed by atoms with Gasteiger partial charge in [-0.05, 0) is 25.7 Å². The van der Waals surface area contributed by atoms with Crippen LogP contribution in [0.15, 0.2) is 0 Å². The predicted octanol–water partition coefficient (Wildman–Crippen LogP) is -0.803. The van der Waals surface area contributed by atoms with E-state index in [0.717, 1.165) is 12.8 Å². The minimum absolute atomic E-state index is 0.183. The van der Waals surface area contributed by atoms with Crippen LogP contribution in [0.25, 0.3) is 0 Å². The SMILES string of the molecule is O=C(N[C@H](CO)C(=O)O)C1CCN(C(=O)C2CC2)CC1. The molecule has 20 heavy (non-hydrogen) atoms. The van der Waals surface area contributed by atoms with Crippen LogP contribution in [0.5, 0.6) is 0 Å². The predicted molar refractivity (Wildman–Crippen MR) is 68.7 cm³/mol. The van der Waals surface area contributed by atoms with E-state index in [1.165, 1.54) is 0 Å². The summed E-state index contributed by atoms with van der Waals surface area (Å²) in [5.74, 6) is -1.52. The fourth-order valence-electron chi connectivity index (χ4n) is 2.43. The summed E-state index contributed by atoms with van der Waals surface area (Å²) in [5.41, 5.74) is 0. The molecule has 1 atom stereocenters. The highest BCUT2D eigenvalue weighted by Gasteiger charge is 2.36. The summed E-state index contributed by atoms with van der Waals surface area (Å²) in [5, 5.41) is 20.0. The highest BCUT2D eigenvalue weighted by Crippen LogP contribution is 2.32. The molecule has 0 unspecified atom stereocenters. The molecule has 7 nitrogen and oxygen atoms in total. The Kier molecular flexibility index (Phi) is 4.59. The number of carboxylic acid groups (broad SMARTS) is 1. The van der Waals surface area contributed by atoms with Crippen LogP contribution in [0.3, 0.4) is 0 Å². The lowest BCUT2D eigenvalue weighted by molar-refractivity contribution is -0.144. The summed E-state index contributed by atoms with van der Waals surface area (Å²) in [6.45, 7) is 0.467. The zero-order valence-corrected chi connectivity index (χ0v) is 11.2. The molecule has 0 aromatic rings. The second kappa shape index (κ2) is 6.21. The number of aliphatic hydroxyl groups excluding tert-OH is 1. The summed E-state index contributed by atoms with van der Waals surface area (Å²) >= 11 is 0. The molecule has 1 aliphatic carbocycles. The number of nitrogens with one attached hydrogen (secondary N) is 1. The molecule has 1 heterocycles. The molecule has 0 spiro atoms. The number of carbonyl (C=O) groups is 3. The molecule has 0 aromatic carbocycles. The number of amides is 2. The lowest BCUT2D eigenvalue weighted by Gasteiger charge is -2.31. The van der Waals surface area contributed by atoms with Crippen molar-refractivity contribution in [1.82, 2.24) is 10.2 Å². The Bertz CT molecular complexity index is 400. The number of hydrogen-bond acceptors (Lipinski definition) is 4. The van der Waals surface area contributed by atoms with Gasteiger partial charge in [0.1, 0.15) is 6.04 Å². The van der Waals surface area contributed by atoms with Gasteiger partial charge in [0.2, 0.25) is 11.8 Å². The first-order chi connectivity index (χ1) is 9.52. The maximum Gasteiger partial charge on any atom is 0.328 e. The lowest BCUT2D eigenvalue weighted by atomic mass is 9.95. The second-order valence-electron chi connectivity index (χ2n) is 5.46. The van der Waals surface area contributed by atoms with E-state index in [4.69, 9.17) is 10.2 Å². The molecule has 2 rings (SSSR count). The summed E-state index contributed by atoms with van der Waals surface area (Å²) in [6, 6.07) is -1.26. The number of carboxylic acids is 1. The zero-order valence-electron chi connectivity index (χ0n) is 11.2. The Morgan fingerprint density at radius 2 is 1.70 bits per heavy atom. The van der Waals surface area contributed by atoms with E-state index in [1.807, 2.05) is 0 Å². The van der Waals surface area contributed by atoms with Crippen molar-refractivity contribution < 1.29 is 24.6 Å². The normalized spacial score (nSPS) is 21.4. The van der Waals surface area contributed by atoms with Crippen LogP contribution >= 0.6 is 0 Å². The molecule has 1 saturated carbocycles. The van der Waals surface area contributed by atoms with Gasteiger partial charge in [0.25, 0.3) is 0 Å². The van der Waals surface area contributed by atoms with E-state index in [9.17, 15) is 14.4 Å². The first-order valence-corrected chi connectivity index (χ1v) is 6.95. The maximum atomic E-state index is 11.9. The number of aliphatic carboxylic acids is 1. The van der Waals surface area contributed by atoms with Crippen LogP contribution < -0.4 is 5.32 Å². The molecular formula is C13H20N2O5. The summed E-state index contributed by atoms with van der Waals surface area (Å²) in [7, 11) is 0. The van der Waals surface area contributed by atoms with Crippen LogP contribution in [0.1, 0.15) is 25.7 Å². The molecule has 2 amide bonds. The van der Waals surface area contributed by atoms with Crippen LogP contribution in [-0.2, 0) is 14.4 Å². The Balaban J connectivity index is 1.79. The van der Waals surface area contributed by atoms with Crippen LogP contribution in [0.2, 0.25) is 0 Å². The van der Waals surface area contributed by atoms with Crippen molar-refractivity contribution in [2.75, 3.05) is 19.7 Å². The van der Waals surface area contributed by atoms with Gasteiger partial charge in [0, 0.05) is 24.9 Å². The van der Waals surface area contributed by atoms with E-state index in [2.05, 4.69) is 5.32 Å². The average Bonchev–Trinajstić information content (AvgIpc) is 3.28. The van der Waals surface area contributed by atoms with Crippen molar-refractivity contribution in [3.63, 3.8) is 0 Å². The topological polar surface area (TPSA) is 107 Å². The Labute approximate surface area is 116 Å². The number of likely N-dealkylation sites (tertiary alicyclic amines) is 1. The molecule has 0 radical (unpaired) electrons. The molecular weight excluding hydrogens is 264 g/mol. The number of piperidine rings is 1. The minimum atomic E-state index is -1.26. The monoisotopic (exact) mass is 284 g/mol. The van der Waals surface area contributed by atoms with Crippen molar-refractivity contribution in [1.29, 1.82) is 0 Å². The Morgan fingerprint density at radius 1 is 1.10 bits per heavy atom. The third-order valence-corrected chi connectivity index (χ3v) is 3.90. The van der Waals surface area contributed by atoms with Crippen molar-refractivity contribution in [2.24, 2.45) is 11.8 Å². The minimum Gasteiger partial charge on any atom is -0.480 e. The van der Waals surface area contributed by atoms with Gasteiger partial charge in [-0.1, -0.05) is 0 Å². The molecule has 7 heteroatoms. The summed E-state index contributed by atoms with van der Waals surface area (Å²) < 4.78 is 0. The van der Waals surface area contributed by atoms with Crippen molar-refractivity contribution in [3.05, 3.63) is 0 Å². The fourth-order valence-corrected chi connectivity index (χ4v) is 2.43. The molecule has 2 aliphatic rings. The molecule has 0 aromatic heterocycles. The first-order valence-electron chi connectivity index (χ1n) is 6.95. The van der Waals surface area contributed by atoms with Gasteiger partial charge < -0.3 is 20.4 Å². The average molecular weight is 284 g/mol. The zero-order chi connectivity index (χ0) is 14.7. The van der Waals surface area contributed by atoms with Gasteiger partial charge in [0.05, 0.1) is 6.61 Å². The first kappa shape index (κ1) is 14.8. The summed E-state index contributed by atoms with van der Waals surface area (Å²) in [4.78, 5) is 36.3. The van der Waals surface area contributed by atoms with Gasteiger partial charge in [-0.15, -0.1) is 0 Å². The van der Waals surface area contributed by atoms with E-state index in [-0.39, 0.29) is 23.7 Å². The molecule has 1 aliphatic heterocycles. The van der Waals surface area contributed by atoms with Gasteiger partial charge >= 0.3 is 5.97 Å². The highest BCUT2D eigenvalue weighted by atomic mass is 16.4. The molecule has 3 N–H and O–H groups in total. The standard InChI is InChI=1S/C13H20N2O5/c16-7-10(13(19)20)14-11(17)8-3-5-15(6-4-8)12(18)9-1-2-9/h8-10,16H,1-7H2,(H,14,17)(H,19,20)/t10-/m1/s1. The van der Waals surface area contributed by atoms with Crippen molar-refractivity contribution in [3.8, 4) is 0 Å². The van der Waals surface area contributed by atoms with Gasteiger partial charge in [-0.2, -0.15) is 0 Å². The second-order valence-corrected chi connectivity index (χ2v) is 5.46. The third-order valence-electron chi connectivity index (χ3n) is 3.90. The number of carbonyl (C=O) groups excluding carboxylic acids is 2. The Morgan fingerprint density at radius 3 is 2.15 bits per heavy atom. The third kappa shape index (κ3) is 3.47. The van der Waals surface area contributed by atoms with Gasteiger partial charge in [-0.25, -0.2) is 4.79 Å². The van der Waals surface area contributed by atoms with Gasteiger partial charge in [-0.3, -0.25) is 9.59 Å². The molecule has 1 saturated heterocycles. The van der Waals surface area contributed by atoms with E-state index in [1.54, 1.807) is 4.90 Å². The highest BCUT2D eigenvalue weighted by molar-refractivity contribution is 5.85. The van der Waals surface area contributed by atoms with Crippen molar-refractivity contribution >= 4 is 17.8 Å². The van der Waals surface area contributed by atoms with Crippen LogP contribution in [-0.4, -0.2) is 58.6 Å². The van der Waals surface area contributed by atoms with Crippen LogP contribution in [0, 0.1) is 11.8 Å². The maximum absolute atomic E-state index is 11.9. The van der Waals surface area contributed by atoms with E-state index >= 15 is 0 Å². The largest absolute Gasteiger partial charge is 0.480 e. The number of nitrogens with zero attached hydrogens (tertiary/aromatic N) is 1. The molecule has 0 bridgehead atoms. The molecule has 112 valence electrons. The van der Waals surface area contributed by atoms with Crippen LogP contribution in [0.4, 0.5) is 0 Å². The lowest BCUT2D eigenvalue weighted by Crippen LogP contribution is -2.49. The smallest absolute Gasteiger partial charge is 0.328 e. The Hall–Kier alpha value is -1.63. The van der Waals surface area contributed by atoms with E-state index in [0.29, 0.717) is 25.9 Å². The van der Waals surface area contributed by atoms with Crippen molar-refractivity contribution in [2.45, 2.75) is 31.7 Å². The number of hydrogen-bond donors (Lipinski definition) is 3.